The fourth-order valence-electron chi connectivity index (χ4n) is 2.62. The number of carbonyl (C=O) groups excluding carboxylic acids is 1. The highest BCUT2D eigenvalue weighted by Gasteiger charge is 2.30. The molecule has 7 heteroatoms. The van der Waals surface area contributed by atoms with Gasteiger partial charge in [-0.2, -0.15) is 0 Å². The molecule has 1 amide bonds. The molecule has 122 valence electrons. The average Bonchev–Trinajstić information content (AvgIpc) is 2.47. The molecule has 22 heavy (non-hydrogen) atoms. The molecule has 1 heterocycles. The molecule has 1 N–H and O–H groups in total. The molecule has 0 unspecified atom stereocenters. The van der Waals surface area contributed by atoms with Crippen LogP contribution in [-0.2, 0) is 14.8 Å². The van der Waals surface area contributed by atoms with E-state index in [-0.39, 0.29) is 30.2 Å². The molecule has 0 bridgehead atoms. The molecular weight excluding hydrogens is 307 g/mol. The molecule has 2 atom stereocenters. The molecule has 1 aromatic rings. The minimum absolute atomic E-state index is 0.162. The molecular formula is C15H21FN2O3S. The summed E-state index contributed by atoms with van der Waals surface area (Å²) in [6.45, 7) is 2.51. The predicted molar refractivity (Wildman–Crippen MR) is 82.1 cm³/mol. The lowest BCUT2D eigenvalue weighted by molar-refractivity contribution is -0.126. The van der Waals surface area contributed by atoms with Crippen LogP contribution in [0.25, 0.3) is 0 Å². The second-order valence-electron chi connectivity index (χ2n) is 5.74. The number of sulfonamides is 1. The van der Waals surface area contributed by atoms with Crippen LogP contribution >= 0.6 is 0 Å². The van der Waals surface area contributed by atoms with Crippen LogP contribution in [0.2, 0.25) is 0 Å². The lowest BCUT2D eigenvalue weighted by atomic mass is 9.98. The number of rotatable bonds is 4. The van der Waals surface area contributed by atoms with Crippen molar-refractivity contribution in [3.8, 4) is 0 Å². The molecule has 0 aromatic heterocycles. The zero-order chi connectivity index (χ0) is 16.3. The van der Waals surface area contributed by atoms with E-state index >= 15 is 0 Å². The smallest absolute Gasteiger partial charge is 0.224 e. The SMILES string of the molecule is C[C@H](NC(=O)[C@@H]1CCCN(S(C)(=O)=O)C1)c1ccc(F)cc1. The van der Waals surface area contributed by atoms with Crippen LogP contribution in [0, 0.1) is 11.7 Å². The molecule has 5 nitrogen and oxygen atoms in total. The van der Waals surface area contributed by atoms with Crippen LogP contribution in [-0.4, -0.2) is 38.0 Å². The summed E-state index contributed by atoms with van der Waals surface area (Å²) in [6.07, 6.45) is 2.51. The zero-order valence-electron chi connectivity index (χ0n) is 12.8. The number of carbonyl (C=O) groups is 1. The summed E-state index contributed by atoms with van der Waals surface area (Å²) in [7, 11) is -3.27. The van der Waals surface area contributed by atoms with Crippen molar-refractivity contribution in [2.45, 2.75) is 25.8 Å². The van der Waals surface area contributed by atoms with Gasteiger partial charge in [0.25, 0.3) is 0 Å². The van der Waals surface area contributed by atoms with Crippen molar-refractivity contribution in [1.82, 2.24) is 9.62 Å². The monoisotopic (exact) mass is 328 g/mol. The van der Waals surface area contributed by atoms with E-state index < -0.39 is 10.0 Å². The van der Waals surface area contributed by atoms with Crippen LogP contribution in [0.3, 0.4) is 0 Å². The maximum Gasteiger partial charge on any atom is 0.224 e. The Balaban J connectivity index is 1.98. The van der Waals surface area contributed by atoms with E-state index in [1.54, 1.807) is 12.1 Å². The third-order valence-electron chi connectivity index (χ3n) is 3.95. The number of nitrogens with zero attached hydrogens (tertiary/aromatic N) is 1. The highest BCUT2D eigenvalue weighted by molar-refractivity contribution is 7.88. The van der Waals surface area contributed by atoms with Crippen molar-refractivity contribution < 1.29 is 17.6 Å². The Labute approximate surface area is 130 Å². The first-order valence-corrected chi connectivity index (χ1v) is 9.13. The minimum Gasteiger partial charge on any atom is -0.349 e. The highest BCUT2D eigenvalue weighted by Crippen LogP contribution is 2.20. The van der Waals surface area contributed by atoms with E-state index in [1.807, 2.05) is 6.92 Å². The van der Waals surface area contributed by atoms with Gasteiger partial charge in [0, 0.05) is 13.1 Å². The van der Waals surface area contributed by atoms with Gasteiger partial charge < -0.3 is 5.32 Å². The number of halogens is 1. The minimum atomic E-state index is -3.27. The largest absolute Gasteiger partial charge is 0.349 e. The maximum atomic E-state index is 12.9. The number of hydrogen-bond acceptors (Lipinski definition) is 3. The summed E-state index contributed by atoms with van der Waals surface area (Å²) in [5, 5.41) is 2.87. The number of nitrogens with one attached hydrogen (secondary N) is 1. The summed E-state index contributed by atoms with van der Waals surface area (Å²) in [6, 6.07) is 5.71. The number of hydrogen-bond donors (Lipinski definition) is 1. The third-order valence-corrected chi connectivity index (χ3v) is 5.22. The summed E-state index contributed by atoms with van der Waals surface area (Å²) in [5.41, 5.74) is 0.811. The number of benzene rings is 1. The Morgan fingerprint density at radius 1 is 1.36 bits per heavy atom. The van der Waals surface area contributed by atoms with Gasteiger partial charge in [-0.25, -0.2) is 17.1 Å². The summed E-state index contributed by atoms with van der Waals surface area (Å²) >= 11 is 0. The van der Waals surface area contributed by atoms with E-state index in [4.69, 9.17) is 0 Å². The van der Waals surface area contributed by atoms with Crippen LogP contribution < -0.4 is 5.32 Å². The number of piperidine rings is 1. The van der Waals surface area contributed by atoms with Crippen molar-refractivity contribution in [1.29, 1.82) is 0 Å². The van der Waals surface area contributed by atoms with Crippen molar-refractivity contribution in [2.24, 2.45) is 5.92 Å². The molecule has 0 saturated carbocycles. The topological polar surface area (TPSA) is 66.5 Å². The second kappa shape index (κ2) is 6.75. The van der Waals surface area contributed by atoms with Crippen molar-refractivity contribution >= 4 is 15.9 Å². The van der Waals surface area contributed by atoms with Gasteiger partial charge in [0.2, 0.25) is 15.9 Å². The van der Waals surface area contributed by atoms with Gasteiger partial charge >= 0.3 is 0 Å². The first-order chi connectivity index (χ1) is 10.3. The Hall–Kier alpha value is -1.47. The molecule has 0 spiro atoms. The fourth-order valence-corrected chi connectivity index (χ4v) is 3.54. The van der Waals surface area contributed by atoms with Gasteiger partial charge in [-0.1, -0.05) is 12.1 Å². The molecule has 1 aliphatic rings. The Bertz CT molecular complexity index is 631. The molecule has 0 aliphatic carbocycles. The molecule has 1 aromatic carbocycles. The first-order valence-electron chi connectivity index (χ1n) is 7.28. The Kier molecular flexibility index (Phi) is 5.18. The fraction of sp³-hybridized carbons (Fsp3) is 0.533. The predicted octanol–water partition coefficient (Wildman–Crippen LogP) is 1.67. The van der Waals surface area contributed by atoms with E-state index in [2.05, 4.69) is 5.32 Å². The van der Waals surface area contributed by atoms with Gasteiger partial charge in [-0.15, -0.1) is 0 Å². The van der Waals surface area contributed by atoms with Gasteiger partial charge in [0.1, 0.15) is 5.82 Å². The lowest BCUT2D eigenvalue weighted by Gasteiger charge is -2.30. The quantitative estimate of drug-likeness (QED) is 0.914. The van der Waals surface area contributed by atoms with E-state index in [9.17, 15) is 17.6 Å². The normalized spacial score (nSPS) is 21.3. The van der Waals surface area contributed by atoms with Gasteiger partial charge in [-0.05, 0) is 37.5 Å². The summed E-state index contributed by atoms with van der Waals surface area (Å²) in [5.74, 6) is -0.824. The van der Waals surface area contributed by atoms with Crippen molar-refractivity contribution in [2.75, 3.05) is 19.3 Å². The molecule has 1 saturated heterocycles. The van der Waals surface area contributed by atoms with Gasteiger partial charge in [-0.3, -0.25) is 4.79 Å². The number of amides is 1. The first kappa shape index (κ1) is 16.9. The molecule has 1 fully saturated rings. The standard InChI is InChI=1S/C15H21FN2O3S/c1-11(12-5-7-14(16)8-6-12)17-15(19)13-4-3-9-18(10-13)22(2,20)21/h5-8,11,13H,3-4,9-10H2,1-2H3,(H,17,19)/t11-,13+/m0/s1. The average molecular weight is 328 g/mol. The third kappa shape index (κ3) is 4.27. The highest BCUT2D eigenvalue weighted by atomic mass is 32.2. The van der Waals surface area contributed by atoms with E-state index in [0.29, 0.717) is 19.4 Å². The zero-order valence-corrected chi connectivity index (χ0v) is 13.6. The summed E-state index contributed by atoms with van der Waals surface area (Å²) < 4.78 is 37.4. The van der Waals surface area contributed by atoms with Crippen LogP contribution in [0.15, 0.2) is 24.3 Å². The van der Waals surface area contributed by atoms with E-state index in [0.717, 1.165) is 11.8 Å². The second-order valence-corrected chi connectivity index (χ2v) is 7.72. The lowest BCUT2D eigenvalue weighted by Crippen LogP contribution is -2.45. The van der Waals surface area contributed by atoms with Gasteiger partial charge in [0.05, 0.1) is 18.2 Å². The van der Waals surface area contributed by atoms with Crippen LogP contribution in [0.1, 0.15) is 31.4 Å². The molecule has 1 aliphatic heterocycles. The Morgan fingerprint density at radius 2 is 2.00 bits per heavy atom. The van der Waals surface area contributed by atoms with Gasteiger partial charge in [0.15, 0.2) is 0 Å². The van der Waals surface area contributed by atoms with Crippen molar-refractivity contribution in [3.63, 3.8) is 0 Å². The van der Waals surface area contributed by atoms with Crippen LogP contribution in [0.4, 0.5) is 4.39 Å². The molecule has 0 radical (unpaired) electrons. The van der Waals surface area contributed by atoms with Crippen LogP contribution in [0.5, 0.6) is 0 Å². The van der Waals surface area contributed by atoms with Crippen molar-refractivity contribution in [3.05, 3.63) is 35.6 Å². The summed E-state index contributed by atoms with van der Waals surface area (Å²) in [4.78, 5) is 12.3. The Morgan fingerprint density at radius 3 is 2.59 bits per heavy atom. The van der Waals surface area contributed by atoms with E-state index in [1.165, 1.54) is 16.4 Å². The molecule has 2 rings (SSSR count). The maximum absolute atomic E-state index is 12.9.